The van der Waals surface area contributed by atoms with Crippen LogP contribution >= 0.6 is 11.6 Å². The van der Waals surface area contributed by atoms with Crippen LogP contribution in [0.1, 0.15) is 11.1 Å². The third-order valence-electron chi connectivity index (χ3n) is 2.04. The lowest BCUT2D eigenvalue weighted by atomic mass is 10.1. The van der Waals surface area contributed by atoms with Crippen LogP contribution in [0.15, 0.2) is 18.2 Å². The molecule has 0 saturated carbocycles. The van der Waals surface area contributed by atoms with Crippen LogP contribution in [0.25, 0.3) is 0 Å². The molecule has 2 rings (SSSR count). The molecule has 11 heavy (non-hydrogen) atoms. The highest BCUT2D eigenvalue weighted by Gasteiger charge is 2.08. The molecule has 1 N–H and O–H groups in total. The van der Waals surface area contributed by atoms with Crippen molar-refractivity contribution < 1.29 is 0 Å². The minimum atomic E-state index is 0.606. The molecule has 0 atom stereocenters. The molecule has 0 saturated heterocycles. The molecular formula is C9H10ClN. The summed E-state index contributed by atoms with van der Waals surface area (Å²) in [6, 6.07) is 6.39. The number of hydrogen-bond donors (Lipinski definition) is 1. The van der Waals surface area contributed by atoms with Gasteiger partial charge in [0.2, 0.25) is 0 Å². The van der Waals surface area contributed by atoms with E-state index in [1.807, 2.05) is 0 Å². The number of benzene rings is 1. The Kier molecular flexibility index (Phi) is 1.74. The predicted octanol–water partition coefficient (Wildman–Crippen LogP) is 2.39. The lowest BCUT2D eigenvalue weighted by Gasteiger charge is -2.00. The van der Waals surface area contributed by atoms with E-state index in [1.165, 1.54) is 16.8 Å². The molecule has 1 nitrogen and oxygen atoms in total. The second-order valence-corrected chi connectivity index (χ2v) is 3.07. The van der Waals surface area contributed by atoms with Gasteiger partial charge in [-0.2, -0.15) is 0 Å². The molecule has 0 amide bonds. The van der Waals surface area contributed by atoms with Crippen molar-refractivity contribution in [2.24, 2.45) is 0 Å². The van der Waals surface area contributed by atoms with Crippen molar-refractivity contribution in [3.8, 4) is 0 Å². The Labute approximate surface area is 71.4 Å². The van der Waals surface area contributed by atoms with Crippen molar-refractivity contribution in [1.82, 2.24) is 0 Å². The topological polar surface area (TPSA) is 12.0 Å². The van der Waals surface area contributed by atoms with Crippen LogP contribution in [0, 0.1) is 0 Å². The average Bonchev–Trinajstić information content (AvgIpc) is 2.50. The monoisotopic (exact) mass is 167 g/mol. The first-order valence-electron chi connectivity index (χ1n) is 3.82. The Balaban J connectivity index is 2.41. The summed E-state index contributed by atoms with van der Waals surface area (Å²) in [5.74, 6) is 0.606. The van der Waals surface area contributed by atoms with E-state index in [4.69, 9.17) is 11.6 Å². The van der Waals surface area contributed by atoms with Gasteiger partial charge in [-0.1, -0.05) is 12.1 Å². The van der Waals surface area contributed by atoms with Gasteiger partial charge in [-0.25, -0.2) is 0 Å². The summed E-state index contributed by atoms with van der Waals surface area (Å²) in [5, 5.41) is 3.32. The molecule has 0 radical (unpaired) electrons. The maximum absolute atomic E-state index is 5.70. The van der Waals surface area contributed by atoms with Gasteiger partial charge in [-0.15, -0.1) is 11.6 Å². The summed E-state index contributed by atoms with van der Waals surface area (Å²) in [4.78, 5) is 0. The van der Waals surface area contributed by atoms with E-state index in [0.29, 0.717) is 5.88 Å². The number of alkyl halides is 1. The molecule has 0 aliphatic carbocycles. The van der Waals surface area contributed by atoms with Gasteiger partial charge < -0.3 is 5.32 Å². The molecule has 0 spiro atoms. The smallest absolute Gasteiger partial charge is 0.0474 e. The minimum Gasteiger partial charge on any atom is -0.384 e. The second-order valence-electron chi connectivity index (χ2n) is 2.80. The van der Waals surface area contributed by atoms with Crippen molar-refractivity contribution in [2.75, 3.05) is 11.9 Å². The first-order chi connectivity index (χ1) is 5.40. The predicted molar refractivity (Wildman–Crippen MR) is 48.2 cm³/mol. The van der Waals surface area contributed by atoms with Crippen LogP contribution in [0.5, 0.6) is 0 Å². The maximum Gasteiger partial charge on any atom is 0.0474 e. The molecule has 1 aliphatic heterocycles. The molecular weight excluding hydrogens is 158 g/mol. The van der Waals surface area contributed by atoms with Crippen LogP contribution in [0.3, 0.4) is 0 Å². The van der Waals surface area contributed by atoms with Crippen molar-refractivity contribution >= 4 is 17.3 Å². The van der Waals surface area contributed by atoms with Gasteiger partial charge in [0.1, 0.15) is 0 Å². The zero-order valence-electron chi connectivity index (χ0n) is 6.23. The molecule has 0 fully saturated rings. The summed E-state index contributed by atoms with van der Waals surface area (Å²) in [6.07, 6.45) is 1.15. The first-order valence-corrected chi connectivity index (χ1v) is 4.35. The van der Waals surface area contributed by atoms with E-state index >= 15 is 0 Å². The number of halogens is 1. The number of hydrogen-bond acceptors (Lipinski definition) is 1. The van der Waals surface area contributed by atoms with Crippen LogP contribution in [-0.2, 0) is 12.3 Å². The maximum atomic E-state index is 5.70. The summed E-state index contributed by atoms with van der Waals surface area (Å²) in [7, 11) is 0. The Hall–Kier alpha value is -0.690. The van der Waals surface area contributed by atoms with E-state index < -0.39 is 0 Å². The van der Waals surface area contributed by atoms with Gasteiger partial charge in [-0.05, 0) is 23.6 Å². The fourth-order valence-corrected chi connectivity index (χ4v) is 1.59. The van der Waals surface area contributed by atoms with E-state index in [0.717, 1.165) is 13.0 Å². The fourth-order valence-electron chi connectivity index (χ4n) is 1.42. The largest absolute Gasteiger partial charge is 0.384 e. The Bertz CT molecular complexity index is 270. The molecule has 1 aliphatic rings. The molecule has 0 aromatic heterocycles. The molecule has 1 heterocycles. The quantitative estimate of drug-likeness (QED) is 0.634. The van der Waals surface area contributed by atoms with Crippen molar-refractivity contribution in [3.63, 3.8) is 0 Å². The first kappa shape index (κ1) is 6.99. The zero-order chi connectivity index (χ0) is 7.68. The zero-order valence-corrected chi connectivity index (χ0v) is 6.99. The molecule has 2 heteroatoms. The summed E-state index contributed by atoms with van der Waals surface area (Å²) in [5.41, 5.74) is 3.88. The molecule has 58 valence electrons. The molecule has 0 bridgehead atoms. The van der Waals surface area contributed by atoms with E-state index in [1.54, 1.807) is 0 Å². The van der Waals surface area contributed by atoms with Gasteiger partial charge in [-0.3, -0.25) is 0 Å². The van der Waals surface area contributed by atoms with Crippen molar-refractivity contribution in [1.29, 1.82) is 0 Å². The van der Waals surface area contributed by atoms with Crippen LogP contribution < -0.4 is 5.32 Å². The molecule has 1 aromatic carbocycles. The normalized spacial score (nSPS) is 14.3. The lowest BCUT2D eigenvalue weighted by molar-refractivity contribution is 1.11. The highest BCUT2D eigenvalue weighted by atomic mass is 35.5. The minimum absolute atomic E-state index is 0.606. The number of nitrogens with one attached hydrogen (secondary N) is 1. The Morgan fingerprint density at radius 3 is 3.18 bits per heavy atom. The van der Waals surface area contributed by atoms with E-state index in [9.17, 15) is 0 Å². The average molecular weight is 168 g/mol. The second kappa shape index (κ2) is 2.74. The fraction of sp³-hybridized carbons (Fsp3) is 0.333. The summed E-state index contributed by atoms with van der Waals surface area (Å²) in [6.45, 7) is 1.07. The van der Waals surface area contributed by atoms with E-state index in [2.05, 4.69) is 23.5 Å². The molecule has 1 aromatic rings. The van der Waals surface area contributed by atoms with Crippen LogP contribution in [0.2, 0.25) is 0 Å². The highest BCUT2D eigenvalue weighted by Crippen LogP contribution is 2.23. The van der Waals surface area contributed by atoms with Gasteiger partial charge in [0.05, 0.1) is 0 Å². The summed E-state index contributed by atoms with van der Waals surface area (Å²) < 4.78 is 0. The van der Waals surface area contributed by atoms with Crippen molar-refractivity contribution in [3.05, 3.63) is 29.3 Å². The lowest BCUT2D eigenvalue weighted by Crippen LogP contribution is -1.91. The third kappa shape index (κ3) is 1.21. The highest BCUT2D eigenvalue weighted by molar-refractivity contribution is 6.17. The third-order valence-corrected chi connectivity index (χ3v) is 2.35. The number of anilines is 1. The van der Waals surface area contributed by atoms with Gasteiger partial charge in [0.25, 0.3) is 0 Å². The molecule has 0 unspecified atom stereocenters. The van der Waals surface area contributed by atoms with Gasteiger partial charge in [0, 0.05) is 18.1 Å². The number of fused-ring (bicyclic) bond motifs is 1. The van der Waals surface area contributed by atoms with Crippen LogP contribution in [0.4, 0.5) is 5.69 Å². The van der Waals surface area contributed by atoms with Crippen LogP contribution in [-0.4, -0.2) is 6.54 Å². The summed E-state index contributed by atoms with van der Waals surface area (Å²) >= 11 is 5.70. The standard InChI is InChI=1S/C9H10ClN/c10-6-7-1-2-8-3-4-11-9(8)5-7/h1-2,5,11H,3-4,6H2. The Morgan fingerprint density at radius 1 is 1.45 bits per heavy atom. The van der Waals surface area contributed by atoms with Crippen molar-refractivity contribution in [2.45, 2.75) is 12.3 Å². The number of rotatable bonds is 1. The SMILES string of the molecule is ClCc1ccc2c(c1)NCC2. The van der Waals surface area contributed by atoms with Gasteiger partial charge >= 0.3 is 0 Å². The van der Waals surface area contributed by atoms with Gasteiger partial charge in [0.15, 0.2) is 0 Å². The Morgan fingerprint density at radius 2 is 2.36 bits per heavy atom. The van der Waals surface area contributed by atoms with E-state index in [-0.39, 0.29) is 0 Å².